The minimum atomic E-state index is -0.429. The number of aliphatic imine (C=N–C) groups is 1. The summed E-state index contributed by atoms with van der Waals surface area (Å²) < 4.78 is 11.1. The summed E-state index contributed by atoms with van der Waals surface area (Å²) in [5.41, 5.74) is 2.78. The van der Waals surface area contributed by atoms with Gasteiger partial charge in [-0.3, -0.25) is 10.1 Å². The molecule has 0 unspecified atom stereocenters. The van der Waals surface area contributed by atoms with Crippen LogP contribution in [0.1, 0.15) is 31.0 Å². The van der Waals surface area contributed by atoms with Gasteiger partial charge in [0.1, 0.15) is 12.4 Å². The lowest BCUT2D eigenvalue weighted by Crippen LogP contribution is -2.34. The summed E-state index contributed by atoms with van der Waals surface area (Å²) in [5, 5.41) is 13.7. The lowest BCUT2D eigenvalue weighted by Gasteiger charge is -2.33. The fourth-order valence-corrected chi connectivity index (χ4v) is 4.36. The number of amidine groups is 1. The van der Waals surface area contributed by atoms with E-state index in [4.69, 9.17) is 9.47 Å². The van der Waals surface area contributed by atoms with E-state index in [-0.39, 0.29) is 30.9 Å². The van der Waals surface area contributed by atoms with Crippen LogP contribution >= 0.6 is 11.8 Å². The third-order valence-electron chi connectivity index (χ3n) is 5.04. The molecule has 8 nitrogen and oxygen atoms in total. The molecule has 0 bridgehead atoms. The Kier molecular flexibility index (Phi) is 6.27. The van der Waals surface area contributed by atoms with E-state index in [0.29, 0.717) is 22.6 Å². The van der Waals surface area contributed by atoms with Gasteiger partial charge in [0.25, 0.3) is 5.69 Å². The highest BCUT2D eigenvalue weighted by Crippen LogP contribution is 2.41. The summed E-state index contributed by atoms with van der Waals surface area (Å²) in [4.78, 5) is 29.7. The van der Waals surface area contributed by atoms with Gasteiger partial charge in [0.2, 0.25) is 0 Å². The van der Waals surface area contributed by atoms with Gasteiger partial charge in [0.15, 0.2) is 5.17 Å². The quantitative estimate of drug-likeness (QED) is 0.334. The highest BCUT2D eigenvalue weighted by Gasteiger charge is 2.37. The molecule has 2 aromatic carbocycles. The highest BCUT2D eigenvalue weighted by molar-refractivity contribution is 8.16. The van der Waals surface area contributed by atoms with Crippen molar-refractivity contribution in [1.82, 2.24) is 4.90 Å². The third kappa shape index (κ3) is 4.38. The van der Waals surface area contributed by atoms with E-state index < -0.39 is 4.92 Å². The molecule has 2 heterocycles. The second-order valence-corrected chi connectivity index (χ2v) is 7.98. The minimum absolute atomic E-state index is 0.0291. The molecule has 4 rings (SSSR count). The Labute approximate surface area is 189 Å². The third-order valence-corrected chi connectivity index (χ3v) is 5.81. The van der Waals surface area contributed by atoms with Gasteiger partial charge in [0.05, 0.1) is 28.8 Å². The van der Waals surface area contributed by atoms with Gasteiger partial charge in [0, 0.05) is 18.3 Å². The average Bonchev–Trinajstić information content (AvgIpc) is 3.25. The molecule has 9 heteroatoms. The summed E-state index contributed by atoms with van der Waals surface area (Å²) >= 11 is 1.50. The number of allylic oxidation sites excluding steroid dienone is 1. The van der Waals surface area contributed by atoms with Crippen LogP contribution in [0.5, 0.6) is 5.75 Å². The molecular formula is C23H21N3O5S. The molecule has 1 atom stereocenters. The van der Waals surface area contributed by atoms with Gasteiger partial charge in [-0.05, 0) is 42.5 Å². The number of nitrogens with zero attached hydrogens (tertiary/aromatic N) is 3. The second-order valence-electron chi connectivity index (χ2n) is 7.11. The first-order chi connectivity index (χ1) is 15.5. The molecule has 0 saturated heterocycles. The number of benzene rings is 2. The number of nitro groups is 1. The van der Waals surface area contributed by atoms with Gasteiger partial charge in [-0.15, -0.1) is 0 Å². The van der Waals surface area contributed by atoms with Crippen molar-refractivity contribution in [3.63, 3.8) is 0 Å². The van der Waals surface area contributed by atoms with Crippen molar-refractivity contribution in [1.29, 1.82) is 0 Å². The first-order valence-corrected chi connectivity index (χ1v) is 10.9. The maximum absolute atomic E-state index is 12.7. The van der Waals surface area contributed by atoms with E-state index in [1.54, 1.807) is 19.1 Å². The van der Waals surface area contributed by atoms with Crippen molar-refractivity contribution in [3.8, 4) is 5.75 Å². The van der Waals surface area contributed by atoms with Gasteiger partial charge in [-0.1, -0.05) is 36.0 Å². The fourth-order valence-electron chi connectivity index (χ4n) is 3.57. The summed E-state index contributed by atoms with van der Waals surface area (Å²) in [5.74, 6) is 0.240. The Bertz CT molecular complexity index is 1140. The molecule has 2 aliphatic heterocycles. The Morgan fingerprint density at radius 2 is 2.03 bits per heavy atom. The zero-order valence-electron chi connectivity index (χ0n) is 17.6. The SMILES string of the molecule is CCOC(=O)C1=C(C)N=C2SC=CN2[C@H]1c1ccc(OCc2cccc([N+](=O)[O-])c2)cc1. The predicted octanol–water partition coefficient (Wildman–Crippen LogP) is 4.94. The van der Waals surface area contributed by atoms with Gasteiger partial charge >= 0.3 is 5.97 Å². The van der Waals surface area contributed by atoms with Crippen molar-refractivity contribution < 1.29 is 19.2 Å². The Morgan fingerprint density at radius 3 is 2.75 bits per heavy atom. The number of carbonyl (C=O) groups excluding carboxylic acids is 1. The summed E-state index contributed by atoms with van der Waals surface area (Å²) in [6, 6.07) is 13.5. The maximum Gasteiger partial charge on any atom is 0.338 e. The summed E-state index contributed by atoms with van der Waals surface area (Å²) in [7, 11) is 0. The summed E-state index contributed by atoms with van der Waals surface area (Å²) in [6.07, 6.45) is 1.91. The van der Waals surface area contributed by atoms with E-state index in [2.05, 4.69) is 4.99 Å². The van der Waals surface area contributed by atoms with Crippen LogP contribution in [-0.2, 0) is 16.1 Å². The predicted molar refractivity (Wildman–Crippen MR) is 122 cm³/mol. The number of fused-ring (bicyclic) bond motifs is 1. The average molecular weight is 452 g/mol. The monoisotopic (exact) mass is 451 g/mol. The van der Waals surface area contributed by atoms with E-state index in [9.17, 15) is 14.9 Å². The largest absolute Gasteiger partial charge is 0.489 e. The van der Waals surface area contributed by atoms with Crippen molar-refractivity contribution in [2.24, 2.45) is 4.99 Å². The topological polar surface area (TPSA) is 94.3 Å². The highest BCUT2D eigenvalue weighted by atomic mass is 32.2. The Morgan fingerprint density at radius 1 is 1.25 bits per heavy atom. The zero-order valence-corrected chi connectivity index (χ0v) is 18.4. The molecule has 0 fully saturated rings. The molecule has 2 aliphatic rings. The fraction of sp³-hybridized carbons (Fsp3) is 0.217. The van der Waals surface area contributed by atoms with Crippen molar-refractivity contribution in [3.05, 3.63) is 92.7 Å². The van der Waals surface area contributed by atoms with Crippen LogP contribution in [0.25, 0.3) is 0 Å². The number of rotatable bonds is 7. The van der Waals surface area contributed by atoms with Crippen LogP contribution in [-0.4, -0.2) is 27.6 Å². The standard InChI is InChI=1S/C23H21N3O5S/c1-3-30-22(27)20-15(2)24-23-25(11-12-32-23)21(20)17-7-9-19(10-8-17)31-14-16-5-4-6-18(13-16)26(28)29/h4-13,21H,3,14H2,1-2H3/t21-/m0/s1. The molecule has 0 aromatic heterocycles. The van der Waals surface area contributed by atoms with E-state index in [1.807, 2.05) is 47.7 Å². The molecule has 0 N–H and O–H groups in total. The first kappa shape index (κ1) is 21.6. The molecule has 0 spiro atoms. The molecule has 0 saturated carbocycles. The number of ether oxygens (including phenoxy) is 2. The maximum atomic E-state index is 12.7. The van der Waals surface area contributed by atoms with Crippen LogP contribution in [0.15, 0.2) is 76.4 Å². The Hall–Kier alpha value is -3.59. The molecular weight excluding hydrogens is 430 g/mol. The minimum Gasteiger partial charge on any atom is -0.489 e. The summed E-state index contributed by atoms with van der Waals surface area (Å²) in [6.45, 7) is 4.09. The molecule has 0 aliphatic carbocycles. The van der Waals surface area contributed by atoms with Crippen molar-refractivity contribution in [2.45, 2.75) is 26.5 Å². The van der Waals surface area contributed by atoms with Gasteiger partial charge in [-0.25, -0.2) is 9.79 Å². The van der Waals surface area contributed by atoms with Crippen molar-refractivity contribution >= 4 is 28.6 Å². The number of hydrogen-bond donors (Lipinski definition) is 0. The van der Waals surface area contributed by atoms with Crippen molar-refractivity contribution in [2.75, 3.05) is 6.61 Å². The van der Waals surface area contributed by atoms with Crippen LogP contribution in [0.4, 0.5) is 5.69 Å². The van der Waals surface area contributed by atoms with Gasteiger partial charge in [-0.2, -0.15) is 0 Å². The lowest BCUT2D eigenvalue weighted by atomic mass is 9.95. The number of esters is 1. The van der Waals surface area contributed by atoms with E-state index >= 15 is 0 Å². The van der Waals surface area contributed by atoms with Crippen LogP contribution in [0.3, 0.4) is 0 Å². The molecule has 0 radical (unpaired) electrons. The Balaban J connectivity index is 1.55. The number of nitro benzene ring substituents is 1. The number of non-ortho nitro benzene ring substituents is 1. The number of hydrogen-bond acceptors (Lipinski definition) is 8. The van der Waals surface area contributed by atoms with Crippen LogP contribution in [0, 0.1) is 10.1 Å². The molecule has 32 heavy (non-hydrogen) atoms. The lowest BCUT2D eigenvalue weighted by molar-refractivity contribution is -0.384. The second kappa shape index (κ2) is 9.27. The molecule has 2 aromatic rings. The molecule has 0 amide bonds. The van der Waals surface area contributed by atoms with Gasteiger partial charge < -0.3 is 14.4 Å². The number of thioether (sulfide) groups is 1. The zero-order chi connectivity index (χ0) is 22.7. The van der Waals surface area contributed by atoms with E-state index in [1.165, 1.54) is 23.9 Å². The van der Waals surface area contributed by atoms with Crippen LogP contribution < -0.4 is 4.74 Å². The first-order valence-electron chi connectivity index (χ1n) is 10.0. The number of carbonyl (C=O) groups is 1. The van der Waals surface area contributed by atoms with E-state index in [0.717, 1.165) is 10.7 Å². The smallest absolute Gasteiger partial charge is 0.338 e. The normalized spacial score (nSPS) is 17.1. The van der Waals surface area contributed by atoms with Crippen LogP contribution in [0.2, 0.25) is 0 Å². The molecule has 164 valence electrons.